The summed E-state index contributed by atoms with van der Waals surface area (Å²) in [7, 11) is 0. The van der Waals surface area contributed by atoms with E-state index < -0.39 is 0 Å². The van der Waals surface area contributed by atoms with E-state index in [2.05, 4.69) is 36.6 Å². The summed E-state index contributed by atoms with van der Waals surface area (Å²) in [5.41, 5.74) is 2.29. The number of hydrogen-bond donors (Lipinski definition) is 2. The number of rotatable bonds is 4. The molecule has 0 radical (unpaired) electrons. The molecule has 2 N–H and O–H groups in total. The minimum Gasteiger partial charge on any atom is -0.362 e. The number of nitrogens with one attached hydrogen (secondary N) is 2. The first kappa shape index (κ1) is 12.0. The van der Waals surface area contributed by atoms with E-state index >= 15 is 0 Å². The first-order chi connectivity index (χ1) is 7.22. The van der Waals surface area contributed by atoms with Crippen LogP contribution in [0.15, 0.2) is 24.3 Å². The molecule has 0 saturated heterocycles. The molecule has 0 fully saturated rings. The van der Waals surface area contributed by atoms with Crippen molar-refractivity contribution in [2.45, 2.75) is 26.7 Å². The SMILES string of the molecule is CCCCNC(=S)Nc1ccc(C)cc1. The Morgan fingerprint density at radius 3 is 2.53 bits per heavy atom. The van der Waals surface area contributed by atoms with Crippen LogP contribution in [0, 0.1) is 6.92 Å². The van der Waals surface area contributed by atoms with Crippen LogP contribution in [-0.4, -0.2) is 11.7 Å². The van der Waals surface area contributed by atoms with E-state index in [0.29, 0.717) is 5.11 Å². The van der Waals surface area contributed by atoms with Crippen LogP contribution in [0.1, 0.15) is 25.3 Å². The number of anilines is 1. The smallest absolute Gasteiger partial charge is 0.170 e. The molecule has 1 aromatic rings. The molecule has 0 aliphatic carbocycles. The normalized spacial score (nSPS) is 9.73. The molecule has 0 saturated carbocycles. The molecule has 0 aliphatic heterocycles. The lowest BCUT2D eigenvalue weighted by Crippen LogP contribution is -2.29. The van der Waals surface area contributed by atoms with Crippen molar-refractivity contribution in [1.82, 2.24) is 5.32 Å². The van der Waals surface area contributed by atoms with Crippen LogP contribution >= 0.6 is 12.2 Å². The van der Waals surface area contributed by atoms with Crippen molar-refractivity contribution >= 4 is 23.0 Å². The fourth-order valence-corrected chi connectivity index (χ4v) is 1.41. The van der Waals surface area contributed by atoms with Crippen LogP contribution in [0.2, 0.25) is 0 Å². The van der Waals surface area contributed by atoms with Gasteiger partial charge in [0, 0.05) is 12.2 Å². The van der Waals surface area contributed by atoms with Gasteiger partial charge in [0.15, 0.2) is 5.11 Å². The highest BCUT2D eigenvalue weighted by molar-refractivity contribution is 7.80. The van der Waals surface area contributed by atoms with Crippen molar-refractivity contribution in [3.63, 3.8) is 0 Å². The first-order valence-corrected chi connectivity index (χ1v) is 5.74. The monoisotopic (exact) mass is 222 g/mol. The molecule has 1 rings (SSSR count). The van der Waals surface area contributed by atoms with Gasteiger partial charge in [-0.15, -0.1) is 0 Å². The van der Waals surface area contributed by atoms with Crippen molar-refractivity contribution in [2.24, 2.45) is 0 Å². The Balaban J connectivity index is 2.34. The number of unbranched alkanes of at least 4 members (excludes halogenated alkanes) is 1. The summed E-state index contributed by atoms with van der Waals surface area (Å²) in [6.45, 7) is 5.17. The van der Waals surface area contributed by atoms with E-state index in [0.717, 1.165) is 18.7 Å². The van der Waals surface area contributed by atoms with Crippen LogP contribution in [-0.2, 0) is 0 Å². The lowest BCUT2D eigenvalue weighted by molar-refractivity contribution is 0.758. The minimum absolute atomic E-state index is 0.701. The predicted octanol–water partition coefficient (Wildman–Crippen LogP) is 3.08. The number of aryl methyl sites for hydroxylation is 1. The molecular formula is C12H18N2S. The lowest BCUT2D eigenvalue weighted by Gasteiger charge is -2.09. The highest BCUT2D eigenvalue weighted by atomic mass is 32.1. The molecular weight excluding hydrogens is 204 g/mol. The average molecular weight is 222 g/mol. The van der Waals surface area contributed by atoms with Crippen molar-refractivity contribution in [3.05, 3.63) is 29.8 Å². The predicted molar refractivity (Wildman–Crippen MR) is 70.3 cm³/mol. The Bertz CT molecular complexity index is 306. The van der Waals surface area contributed by atoms with Gasteiger partial charge in [-0.2, -0.15) is 0 Å². The number of hydrogen-bond acceptors (Lipinski definition) is 1. The van der Waals surface area contributed by atoms with Gasteiger partial charge in [0.25, 0.3) is 0 Å². The summed E-state index contributed by atoms with van der Waals surface area (Å²) in [5.74, 6) is 0. The van der Waals surface area contributed by atoms with Gasteiger partial charge in [-0.1, -0.05) is 31.0 Å². The molecule has 0 spiro atoms. The van der Waals surface area contributed by atoms with Crippen molar-refractivity contribution in [3.8, 4) is 0 Å². The molecule has 2 nitrogen and oxygen atoms in total. The Morgan fingerprint density at radius 2 is 1.93 bits per heavy atom. The van der Waals surface area contributed by atoms with Crippen LogP contribution in [0.3, 0.4) is 0 Å². The fraction of sp³-hybridized carbons (Fsp3) is 0.417. The van der Waals surface area contributed by atoms with Gasteiger partial charge in [-0.05, 0) is 37.7 Å². The molecule has 0 heterocycles. The number of benzene rings is 1. The molecule has 0 aliphatic rings. The topological polar surface area (TPSA) is 24.1 Å². The van der Waals surface area contributed by atoms with Crippen molar-refractivity contribution in [1.29, 1.82) is 0 Å². The van der Waals surface area contributed by atoms with E-state index in [1.807, 2.05) is 12.1 Å². The van der Waals surface area contributed by atoms with Gasteiger partial charge in [-0.3, -0.25) is 0 Å². The Kier molecular flexibility index (Phi) is 5.12. The molecule has 15 heavy (non-hydrogen) atoms. The summed E-state index contributed by atoms with van der Waals surface area (Å²) in [6, 6.07) is 8.19. The third kappa shape index (κ3) is 4.79. The second kappa shape index (κ2) is 6.40. The third-order valence-corrected chi connectivity index (χ3v) is 2.37. The second-order valence-corrected chi connectivity index (χ2v) is 4.01. The number of thiocarbonyl (C=S) groups is 1. The zero-order valence-electron chi connectivity index (χ0n) is 9.34. The van der Waals surface area contributed by atoms with Crippen LogP contribution in [0.5, 0.6) is 0 Å². The molecule has 0 amide bonds. The van der Waals surface area contributed by atoms with Gasteiger partial charge < -0.3 is 10.6 Å². The molecule has 0 unspecified atom stereocenters. The Morgan fingerprint density at radius 1 is 1.27 bits per heavy atom. The Hall–Kier alpha value is -1.09. The van der Waals surface area contributed by atoms with E-state index in [4.69, 9.17) is 12.2 Å². The van der Waals surface area contributed by atoms with E-state index in [-0.39, 0.29) is 0 Å². The van der Waals surface area contributed by atoms with Crippen molar-refractivity contribution < 1.29 is 0 Å². The first-order valence-electron chi connectivity index (χ1n) is 5.34. The van der Waals surface area contributed by atoms with Crippen molar-refractivity contribution in [2.75, 3.05) is 11.9 Å². The van der Waals surface area contributed by atoms with E-state index in [1.54, 1.807) is 0 Å². The van der Waals surface area contributed by atoms with Gasteiger partial charge in [0.05, 0.1) is 0 Å². The van der Waals surface area contributed by atoms with Gasteiger partial charge >= 0.3 is 0 Å². The highest BCUT2D eigenvalue weighted by Crippen LogP contribution is 2.07. The Labute approximate surface area is 97.1 Å². The van der Waals surface area contributed by atoms with Crippen LogP contribution in [0.4, 0.5) is 5.69 Å². The maximum atomic E-state index is 5.16. The summed E-state index contributed by atoms with van der Waals surface area (Å²) in [4.78, 5) is 0. The minimum atomic E-state index is 0.701. The quantitative estimate of drug-likeness (QED) is 0.605. The molecule has 0 aromatic heterocycles. The average Bonchev–Trinajstić information content (AvgIpc) is 2.22. The summed E-state index contributed by atoms with van der Waals surface area (Å²) >= 11 is 5.16. The summed E-state index contributed by atoms with van der Waals surface area (Å²) in [6.07, 6.45) is 2.33. The molecule has 1 aromatic carbocycles. The van der Waals surface area contributed by atoms with E-state index in [1.165, 1.54) is 12.0 Å². The molecule has 3 heteroatoms. The molecule has 0 bridgehead atoms. The zero-order chi connectivity index (χ0) is 11.1. The standard InChI is InChI=1S/C12H18N2S/c1-3-4-9-13-12(15)14-11-7-5-10(2)6-8-11/h5-8H,3-4,9H2,1-2H3,(H2,13,14,15). The van der Waals surface area contributed by atoms with Gasteiger partial charge in [0.2, 0.25) is 0 Å². The lowest BCUT2D eigenvalue weighted by atomic mass is 10.2. The van der Waals surface area contributed by atoms with Gasteiger partial charge in [0.1, 0.15) is 0 Å². The largest absolute Gasteiger partial charge is 0.362 e. The zero-order valence-corrected chi connectivity index (χ0v) is 10.2. The van der Waals surface area contributed by atoms with Crippen LogP contribution in [0.25, 0.3) is 0 Å². The summed E-state index contributed by atoms with van der Waals surface area (Å²) < 4.78 is 0. The molecule has 0 atom stereocenters. The fourth-order valence-electron chi connectivity index (χ4n) is 1.19. The third-order valence-electron chi connectivity index (χ3n) is 2.13. The molecule has 82 valence electrons. The maximum Gasteiger partial charge on any atom is 0.170 e. The van der Waals surface area contributed by atoms with Crippen LogP contribution < -0.4 is 10.6 Å². The summed E-state index contributed by atoms with van der Waals surface area (Å²) in [5, 5.41) is 7.02. The van der Waals surface area contributed by atoms with E-state index in [9.17, 15) is 0 Å². The maximum absolute atomic E-state index is 5.16. The van der Waals surface area contributed by atoms with Gasteiger partial charge in [-0.25, -0.2) is 0 Å². The highest BCUT2D eigenvalue weighted by Gasteiger charge is 1.95. The second-order valence-electron chi connectivity index (χ2n) is 3.60.